The number of benzene rings is 9. The minimum Gasteiger partial charge on any atom is -0.454 e. The molecule has 0 N–H and O–H groups in total. The van der Waals surface area contributed by atoms with Gasteiger partial charge in [-0.1, -0.05) is 97.1 Å². The monoisotopic (exact) mass is 690 g/mol. The van der Waals surface area contributed by atoms with Crippen LogP contribution in [-0.4, -0.2) is 0 Å². The molecule has 0 saturated heterocycles. The number of hydrogen-bond acceptors (Lipinski definition) is 3. The molecule has 0 atom stereocenters. The Morgan fingerprint density at radius 2 is 0.852 bits per heavy atom. The van der Waals surface area contributed by atoms with Gasteiger partial charge in [0.05, 0.1) is 5.69 Å². The Hall–Kier alpha value is -7.10. The lowest BCUT2D eigenvalue weighted by molar-refractivity contribution is 0.669. The van der Waals surface area contributed by atoms with Gasteiger partial charge >= 0.3 is 0 Å². The predicted octanol–water partition coefficient (Wildman–Crippen LogP) is 14.8. The third-order valence-electron chi connectivity index (χ3n) is 11.0. The summed E-state index contributed by atoms with van der Waals surface area (Å²) in [5, 5.41) is 7.15. The van der Waals surface area contributed by atoms with E-state index in [1.807, 2.05) is 6.07 Å². The molecule has 1 aliphatic carbocycles. The van der Waals surface area contributed by atoms with Crippen molar-refractivity contribution in [2.24, 2.45) is 0 Å². The number of furan rings is 1. The SMILES string of the molecule is Cc1ccccc1N(c1ccc2cc3c(cc2c1)-c1cc2cc(N(c4ccccc4)c4ccccc4)ccc2cc1-3)c1cccc2c1oc1ccccc12. The molecule has 254 valence electrons. The summed E-state index contributed by atoms with van der Waals surface area (Å²) in [7, 11) is 0. The third-order valence-corrected chi connectivity index (χ3v) is 11.0. The third kappa shape index (κ3) is 4.76. The van der Waals surface area contributed by atoms with Gasteiger partial charge in [-0.3, -0.25) is 0 Å². The van der Waals surface area contributed by atoms with Gasteiger partial charge in [0.15, 0.2) is 5.58 Å². The Morgan fingerprint density at radius 3 is 1.48 bits per heavy atom. The van der Waals surface area contributed by atoms with Gasteiger partial charge < -0.3 is 14.2 Å². The molecule has 0 radical (unpaired) electrons. The Bertz CT molecular complexity index is 3030. The van der Waals surface area contributed by atoms with E-state index in [4.69, 9.17) is 4.42 Å². The number of aryl methyl sites for hydroxylation is 1. The van der Waals surface area contributed by atoms with Gasteiger partial charge in [-0.15, -0.1) is 0 Å². The summed E-state index contributed by atoms with van der Waals surface area (Å²) < 4.78 is 6.58. The van der Waals surface area contributed by atoms with E-state index in [9.17, 15) is 0 Å². The van der Waals surface area contributed by atoms with Crippen LogP contribution in [0, 0.1) is 6.92 Å². The van der Waals surface area contributed by atoms with Crippen LogP contribution in [0.3, 0.4) is 0 Å². The van der Waals surface area contributed by atoms with Gasteiger partial charge in [0.2, 0.25) is 0 Å². The van der Waals surface area contributed by atoms with Crippen LogP contribution in [0.1, 0.15) is 5.56 Å². The molecule has 1 heterocycles. The normalized spacial score (nSPS) is 11.8. The molecule has 0 spiro atoms. The van der Waals surface area contributed by atoms with E-state index in [2.05, 4.69) is 199 Å². The van der Waals surface area contributed by atoms with Crippen LogP contribution in [0.5, 0.6) is 0 Å². The van der Waals surface area contributed by atoms with Crippen LogP contribution in [0.2, 0.25) is 0 Å². The highest BCUT2D eigenvalue weighted by Crippen LogP contribution is 2.52. The summed E-state index contributed by atoms with van der Waals surface area (Å²) in [6, 6.07) is 67.7. The van der Waals surface area contributed by atoms with Crippen LogP contribution in [-0.2, 0) is 0 Å². The number of hydrogen-bond donors (Lipinski definition) is 0. The first kappa shape index (κ1) is 30.5. The van der Waals surface area contributed by atoms with E-state index in [0.29, 0.717) is 0 Å². The predicted molar refractivity (Wildman–Crippen MR) is 227 cm³/mol. The van der Waals surface area contributed by atoms with Gasteiger partial charge in [-0.2, -0.15) is 0 Å². The zero-order valence-corrected chi connectivity index (χ0v) is 29.7. The highest BCUT2D eigenvalue weighted by molar-refractivity contribution is 6.13. The van der Waals surface area contributed by atoms with Crippen molar-refractivity contribution >= 4 is 77.6 Å². The lowest BCUT2D eigenvalue weighted by Gasteiger charge is -2.29. The van der Waals surface area contributed by atoms with Crippen molar-refractivity contribution in [3.63, 3.8) is 0 Å². The summed E-state index contributed by atoms with van der Waals surface area (Å²) in [6.07, 6.45) is 0. The van der Waals surface area contributed by atoms with E-state index in [0.717, 1.165) is 56.1 Å². The molecule has 9 aromatic carbocycles. The van der Waals surface area contributed by atoms with Crippen molar-refractivity contribution in [2.45, 2.75) is 6.92 Å². The largest absolute Gasteiger partial charge is 0.454 e. The molecule has 0 aliphatic heterocycles. The summed E-state index contributed by atoms with van der Waals surface area (Å²) in [5.74, 6) is 0. The highest BCUT2D eigenvalue weighted by Gasteiger charge is 2.26. The van der Waals surface area contributed by atoms with Crippen LogP contribution >= 0.6 is 0 Å². The van der Waals surface area contributed by atoms with Gasteiger partial charge in [0.25, 0.3) is 0 Å². The first-order valence-electron chi connectivity index (χ1n) is 18.5. The second kappa shape index (κ2) is 12.0. The Kier molecular flexibility index (Phi) is 6.77. The van der Waals surface area contributed by atoms with E-state index in [-0.39, 0.29) is 0 Å². The van der Waals surface area contributed by atoms with Gasteiger partial charge in [-0.25, -0.2) is 0 Å². The topological polar surface area (TPSA) is 19.6 Å². The molecule has 3 heteroatoms. The average molecular weight is 691 g/mol. The van der Waals surface area contributed by atoms with Crippen molar-refractivity contribution in [1.82, 2.24) is 0 Å². The van der Waals surface area contributed by atoms with Crippen molar-refractivity contribution in [1.29, 1.82) is 0 Å². The maximum absolute atomic E-state index is 6.58. The number of rotatable bonds is 6. The summed E-state index contributed by atoms with van der Waals surface area (Å²) in [5.41, 5.74) is 14.9. The summed E-state index contributed by atoms with van der Waals surface area (Å²) in [4.78, 5) is 4.68. The fourth-order valence-corrected chi connectivity index (χ4v) is 8.41. The molecule has 54 heavy (non-hydrogen) atoms. The van der Waals surface area contributed by atoms with Crippen molar-refractivity contribution in [3.05, 3.63) is 194 Å². The lowest BCUT2D eigenvalue weighted by atomic mass is 9.78. The second-order valence-corrected chi connectivity index (χ2v) is 14.2. The van der Waals surface area contributed by atoms with Gasteiger partial charge in [0.1, 0.15) is 5.58 Å². The quantitative estimate of drug-likeness (QED) is 0.173. The van der Waals surface area contributed by atoms with E-state index in [1.54, 1.807) is 0 Å². The summed E-state index contributed by atoms with van der Waals surface area (Å²) >= 11 is 0. The molecule has 0 bridgehead atoms. The molecule has 0 amide bonds. The average Bonchev–Trinajstić information content (AvgIpc) is 3.61. The van der Waals surface area contributed by atoms with Crippen LogP contribution in [0.15, 0.2) is 192 Å². The van der Waals surface area contributed by atoms with Crippen LogP contribution < -0.4 is 9.80 Å². The van der Waals surface area contributed by atoms with Gasteiger partial charge in [-0.05, 0) is 147 Å². The molecule has 10 aromatic rings. The van der Waals surface area contributed by atoms with E-state index < -0.39 is 0 Å². The van der Waals surface area contributed by atoms with Crippen molar-refractivity contribution in [2.75, 3.05) is 9.80 Å². The number of anilines is 6. The minimum absolute atomic E-state index is 0.887. The lowest BCUT2D eigenvalue weighted by Crippen LogP contribution is -2.11. The molecule has 1 aliphatic rings. The number of para-hydroxylation sites is 5. The number of nitrogens with zero attached hydrogens (tertiary/aromatic N) is 2. The maximum Gasteiger partial charge on any atom is 0.159 e. The van der Waals surface area contributed by atoms with Crippen molar-refractivity contribution in [3.8, 4) is 22.3 Å². The molecule has 11 rings (SSSR count). The zero-order valence-electron chi connectivity index (χ0n) is 29.7. The molecular formula is C51H34N2O. The standard InChI is InChI=1S/C51H34N2O/c1-33-13-8-10-20-48(33)53(49-21-12-19-43-42-18-9-11-22-50(42)54-51(43)49)41-26-24-35-30-45-44-29-34-23-25-40(27-36(34)31-46(44)47(45)32-37(35)28-41)52(38-14-4-2-5-15-38)39-16-6-3-7-17-39/h2-32H,1H3. The fourth-order valence-electron chi connectivity index (χ4n) is 8.41. The fraction of sp³-hybridized carbons (Fsp3) is 0.0196. The van der Waals surface area contributed by atoms with Crippen LogP contribution in [0.25, 0.3) is 65.7 Å². The Labute approximate surface area is 313 Å². The molecule has 0 unspecified atom stereocenters. The number of fused-ring (bicyclic) bond motifs is 9. The molecule has 0 saturated carbocycles. The van der Waals surface area contributed by atoms with Gasteiger partial charge in [0, 0.05) is 39.2 Å². The van der Waals surface area contributed by atoms with Crippen LogP contribution in [0.4, 0.5) is 34.1 Å². The highest BCUT2D eigenvalue weighted by atomic mass is 16.3. The second-order valence-electron chi connectivity index (χ2n) is 14.2. The minimum atomic E-state index is 0.887. The summed E-state index contributed by atoms with van der Waals surface area (Å²) in [6.45, 7) is 2.18. The molecular weight excluding hydrogens is 657 g/mol. The molecule has 0 fully saturated rings. The van der Waals surface area contributed by atoms with E-state index in [1.165, 1.54) is 49.4 Å². The first-order chi connectivity index (χ1) is 26.7. The molecule has 3 nitrogen and oxygen atoms in total. The zero-order chi connectivity index (χ0) is 35.8. The Morgan fingerprint density at radius 1 is 0.352 bits per heavy atom. The Balaban J connectivity index is 1.03. The maximum atomic E-state index is 6.58. The molecule has 1 aromatic heterocycles. The smallest absolute Gasteiger partial charge is 0.159 e. The van der Waals surface area contributed by atoms with E-state index >= 15 is 0 Å². The first-order valence-corrected chi connectivity index (χ1v) is 18.5. The van der Waals surface area contributed by atoms with Crippen molar-refractivity contribution < 1.29 is 4.42 Å².